The quantitative estimate of drug-likeness (QED) is 0.394. The lowest BCUT2D eigenvalue weighted by Crippen LogP contribution is -2.00. The van der Waals surface area contributed by atoms with Gasteiger partial charge in [0.1, 0.15) is 5.82 Å². The zero-order valence-corrected chi connectivity index (χ0v) is 14.8. The number of hydrogen-bond donors (Lipinski definition) is 1. The molecule has 26 heavy (non-hydrogen) atoms. The molecule has 0 amide bonds. The van der Waals surface area contributed by atoms with Crippen LogP contribution in [0.1, 0.15) is 11.8 Å². The molecule has 0 aliphatic carbocycles. The summed E-state index contributed by atoms with van der Waals surface area (Å²) in [5, 5.41) is 14.5. The Morgan fingerprint density at radius 3 is 2.73 bits per heavy atom. The van der Waals surface area contributed by atoms with Crippen molar-refractivity contribution in [2.24, 2.45) is 5.10 Å². The van der Waals surface area contributed by atoms with Gasteiger partial charge in [-0.25, -0.2) is 4.39 Å². The van der Waals surface area contributed by atoms with E-state index in [4.69, 9.17) is 0 Å². The Morgan fingerprint density at radius 2 is 1.85 bits per heavy atom. The summed E-state index contributed by atoms with van der Waals surface area (Å²) < 4.78 is 14.0. The lowest BCUT2D eigenvalue weighted by Gasteiger charge is -2.04. The molecule has 6 heteroatoms. The predicted molar refractivity (Wildman–Crippen MR) is 105 cm³/mol. The van der Waals surface area contributed by atoms with Crippen LogP contribution in [0.15, 0.2) is 72.0 Å². The smallest absolute Gasteiger partial charge is 0.176 e. The van der Waals surface area contributed by atoms with Crippen molar-refractivity contribution in [1.29, 1.82) is 0 Å². The minimum Gasteiger partial charge on any atom is -0.259 e. The molecule has 0 saturated heterocycles. The number of fused-ring (bicyclic) bond motifs is 1. The van der Waals surface area contributed by atoms with Gasteiger partial charge in [0.25, 0.3) is 0 Å². The van der Waals surface area contributed by atoms with Gasteiger partial charge in [0.2, 0.25) is 0 Å². The van der Waals surface area contributed by atoms with Crippen LogP contribution in [0, 0.1) is 5.82 Å². The maximum Gasteiger partial charge on any atom is 0.176 e. The second kappa shape index (κ2) is 7.01. The summed E-state index contributed by atoms with van der Waals surface area (Å²) in [6.45, 7) is 1.91. The first-order chi connectivity index (χ1) is 12.7. The number of hydrazone groups is 1. The molecule has 128 valence electrons. The average molecular weight is 362 g/mol. The molecule has 0 fully saturated rings. The van der Waals surface area contributed by atoms with E-state index in [1.165, 1.54) is 17.4 Å². The number of anilines is 1. The van der Waals surface area contributed by atoms with Crippen LogP contribution in [0.4, 0.5) is 10.2 Å². The number of nitrogens with one attached hydrogen (secondary N) is 1. The fourth-order valence-electron chi connectivity index (χ4n) is 2.64. The third-order valence-electron chi connectivity index (χ3n) is 4.00. The van der Waals surface area contributed by atoms with Crippen molar-refractivity contribution < 1.29 is 4.39 Å². The average Bonchev–Trinajstić information content (AvgIpc) is 3.16. The summed E-state index contributed by atoms with van der Waals surface area (Å²) in [4.78, 5) is 1.83. The van der Waals surface area contributed by atoms with E-state index in [2.05, 4.69) is 20.7 Å². The molecule has 4 nitrogen and oxygen atoms in total. The zero-order valence-electron chi connectivity index (χ0n) is 14.0. The lowest BCUT2D eigenvalue weighted by atomic mass is 10.2. The van der Waals surface area contributed by atoms with E-state index in [1.54, 1.807) is 18.3 Å². The van der Waals surface area contributed by atoms with Crippen molar-refractivity contribution in [3.63, 3.8) is 0 Å². The lowest BCUT2D eigenvalue weighted by molar-refractivity contribution is 0.631. The number of hydrogen-bond acceptors (Lipinski definition) is 5. The van der Waals surface area contributed by atoms with Crippen LogP contribution >= 0.6 is 11.3 Å². The molecule has 4 aromatic rings. The Morgan fingerprint density at radius 1 is 1.04 bits per heavy atom. The molecule has 0 spiro atoms. The van der Waals surface area contributed by atoms with E-state index < -0.39 is 0 Å². The summed E-state index contributed by atoms with van der Waals surface area (Å²) >= 11 is 1.50. The van der Waals surface area contributed by atoms with Crippen LogP contribution < -0.4 is 5.43 Å². The highest BCUT2D eigenvalue weighted by molar-refractivity contribution is 7.17. The summed E-state index contributed by atoms with van der Waals surface area (Å²) in [6.07, 6.45) is 1.72. The van der Waals surface area contributed by atoms with Crippen molar-refractivity contribution >= 4 is 33.6 Å². The van der Waals surface area contributed by atoms with Crippen LogP contribution in [-0.2, 0) is 0 Å². The number of nitrogens with zero attached hydrogens (tertiary/aromatic N) is 3. The van der Waals surface area contributed by atoms with Gasteiger partial charge in [-0.05, 0) is 25.1 Å². The molecule has 2 aromatic carbocycles. The van der Waals surface area contributed by atoms with Gasteiger partial charge >= 0.3 is 0 Å². The molecule has 0 aliphatic heterocycles. The van der Waals surface area contributed by atoms with Crippen molar-refractivity contribution in [2.45, 2.75) is 6.92 Å². The maximum absolute atomic E-state index is 14.0. The Kier molecular flexibility index (Phi) is 4.41. The van der Waals surface area contributed by atoms with Gasteiger partial charge in [-0.1, -0.05) is 42.5 Å². The van der Waals surface area contributed by atoms with E-state index in [1.807, 2.05) is 49.4 Å². The minimum atomic E-state index is -0.223. The predicted octanol–water partition coefficient (Wildman–Crippen LogP) is 5.33. The summed E-state index contributed by atoms with van der Waals surface area (Å²) in [6, 6.07) is 18.5. The molecule has 2 aromatic heterocycles. The number of benzene rings is 2. The second-order valence-corrected chi connectivity index (χ2v) is 6.82. The largest absolute Gasteiger partial charge is 0.259 e. The van der Waals surface area contributed by atoms with Gasteiger partial charge in [0, 0.05) is 21.2 Å². The Bertz CT molecular complexity index is 1100. The van der Waals surface area contributed by atoms with Gasteiger partial charge in [0.05, 0.1) is 16.8 Å². The second-order valence-electron chi connectivity index (χ2n) is 5.73. The highest BCUT2D eigenvalue weighted by atomic mass is 32.1. The SMILES string of the molecule is CC(=NNc1nncc2ccccc12)c1ccc(-c2ccccc2F)s1. The number of halogens is 1. The fraction of sp³-hybridized carbons (Fsp3) is 0.0500. The molecule has 1 N–H and O–H groups in total. The van der Waals surface area contributed by atoms with E-state index in [0.717, 1.165) is 26.2 Å². The van der Waals surface area contributed by atoms with E-state index in [0.29, 0.717) is 11.4 Å². The summed E-state index contributed by atoms with van der Waals surface area (Å²) in [5.74, 6) is 0.382. The van der Waals surface area contributed by atoms with Gasteiger partial charge in [-0.15, -0.1) is 16.4 Å². The molecule has 0 atom stereocenters. The first-order valence-corrected chi connectivity index (χ1v) is 8.90. The molecule has 0 bridgehead atoms. The molecule has 0 unspecified atom stereocenters. The number of thiophene rings is 1. The van der Waals surface area contributed by atoms with Crippen molar-refractivity contribution in [3.8, 4) is 10.4 Å². The minimum absolute atomic E-state index is 0.223. The molecule has 4 rings (SSSR count). The molecular formula is C20H15FN4S. The zero-order chi connectivity index (χ0) is 17.9. The molecule has 2 heterocycles. The van der Waals surface area contributed by atoms with Crippen molar-refractivity contribution in [2.75, 3.05) is 5.43 Å². The summed E-state index contributed by atoms with van der Waals surface area (Å²) in [5.41, 5.74) is 4.39. The van der Waals surface area contributed by atoms with E-state index >= 15 is 0 Å². The molecule has 0 saturated carbocycles. The first kappa shape index (κ1) is 16.4. The van der Waals surface area contributed by atoms with Crippen LogP contribution in [0.2, 0.25) is 0 Å². The highest BCUT2D eigenvalue weighted by Crippen LogP contribution is 2.30. The molecule has 0 aliphatic rings. The van der Waals surface area contributed by atoms with Gasteiger partial charge in [-0.2, -0.15) is 10.2 Å². The van der Waals surface area contributed by atoms with Crippen LogP contribution in [0.25, 0.3) is 21.2 Å². The fourth-order valence-corrected chi connectivity index (χ4v) is 3.62. The summed E-state index contributed by atoms with van der Waals surface area (Å²) in [7, 11) is 0. The van der Waals surface area contributed by atoms with Crippen LogP contribution in [0.3, 0.4) is 0 Å². The first-order valence-electron chi connectivity index (χ1n) is 8.08. The van der Waals surface area contributed by atoms with Gasteiger partial charge < -0.3 is 0 Å². The van der Waals surface area contributed by atoms with Crippen LogP contribution in [0.5, 0.6) is 0 Å². The van der Waals surface area contributed by atoms with Gasteiger partial charge in [0.15, 0.2) is 5.82 Å². The third kappa shape index (κ3) is 3.19. The van der Waals surface area contributed by atoms with E-state index in [9.17, 15) is 4.39 Å². The van der Waals surface area contributed by atoms with E-state index in [-0.39, 0.29) is 5.82 Å². The number of aromatic nitrogens is 2. The number of rotatable bonds is 4. The molecule has 0 radical (unpaired) electrons. The normalized spacial score (nSPS) is 11.7. The monoisotopic (exact) mass is 362 g/mol. The molecular weight excluding hydrogens is 347 g/mol. The van der Waals surface area contributed by atoms with Crippen LogP contribution in [-0.4, -0.2) is 15.9 Å². The highest BCUT2D eigenvalue weighted by Gasteiger charge is 2.09. The van der Waals surface area contributed by atoms with Crippen molar-refractivity contribution in [3.05, 3.63) is 77.6 Å². The topological polar surface area (TPSA) is 50.2 Å². The standard InChI is InChI=1S/C20H15FN4S/c1-13(18-10-11-19(26-18)16-8-4-5-9-17(16)21)23-25-20-15-7-3-2-6-14(15)12-22-24-20/h2-12H,1H3,(H,24,25). The Balaban J connectivity index is 1.60. The third-order valence-corrected chi connectivity index (χ3v) is 5.23. The Hall–Kier alpha value is -3.12. The van der Waals surface area contributed by atoms with Gasteiger partial charge in [-0.3, -0.25) is 5.43 Å². The van der Waals surface area contributed by atoms with Crippen molar-refractivity contribution in [1.82, 2.24) is 10.2 Å². The maximum atomic E-state index is 14.0. The Labute approximate surface area is 154 Å².